The summed E-state index contributed by atoms with van der Waals surface area (Å²) in [6.07, 6.45) is 4.84. The van der Waals surface area contributed by atoms with Crippen LogP contribution in [-0.4, -0.2) is 39.6 Å². The van der Waals surface area contributed by atoms with E-state index in [0.717, 1.165) is 10.4 Å². The number of furan rings is 1. The van der Waals surface area contributed by atoms with Crippen LogP contribution in [0.5, 0.6) is 11.5 Å². The number of benzene rings is 2. The van der Waals surface area contributed by atoms with Crippen LogP contribution in [0.25, 0.3) is 16.5 Å². The molecule has 0 fully saturated rings. The van der Waals surface area contributed by atoms with Crippen molar-refractivity contribution in [2.75, 3.05) is 25.0 Å². The van der Waals surface area contributed by atoms with Crippen LogP contribution >= 0.6 is 11.3 Å². The Morgan fingerprint density at radius 2 is 1.92 bits per heavy atom. The second kappa shape index (κ2) is 12.1. The van der Waals surface area contributed by atoms with Crippen LogP contribution < -0.4 is 14.2 Å². The standard InChI is InChI=1S/C28H27NO7S2/c1-19-15-22(18-36-19)29-38(32,33)23-9-6-20(7-10-23)25(31)11-8-21-16-24(28-5-3-14-37-28)27(34-2)17-26(21)35-13-4-12-30/h3,5-11,14-18,29-30H,4,12-13H2,1-2H3. The van der Waals surface area contributed by atoms with E-state index in [-0.39, 0.29) is 17.3 Å². The Hall–Kier alpha value is -3.86. The van der Waals surface area contributed by atoms with Gasteiger partial charge in [-0.25, -0.2) is 8.42 Å². The van der Waals surface area contributed by atoms with Gasteiger partial charge in [0.1, 0.15) is 23.5 Å². The molecule has 2 aromatic heterocycles. The summed E-state index contributed by atoms with van der Waals surface area (Å²) in [5.41, 5.74) is 2.18. The van der Waals surface area contributed by atoms with Gasteiger partial charge in [0.05, 0.1) is 24.3 Å². The molecule has 2 aromatic carbocycles. The number of methoxy groups -OCH3 is 1. The number of hydrogen-bond acceptors (Lipinski definition) is 8. The van der Waals surface area contributed by atoms with Crippen molar-refractivity contribution in [3.05, 3.63) is 89.2 Å². The minimum absolute atomic E-state index is 0.00295. The molecule has 38 heavy (non-hydrogen) atoms. The number of ether oxygens (including phenoxy) is 2. The van der Waals surface area contributed by atoms with Gasteiger partial charge in [-0.3, -0.25) is 9.52 Å². The molecule has 0 spiro atoms. The summed E-state index contributed by atoms with van der Waals surface area (Å²) < 4.78 is 44.3. The van der Waals surface area contributed by atoms with Crippen LogP contribution in [0.4, 0.5) is 5.69 Å². The van der Waals surface area contributed by atoms with Crippen molar-refractivity contribution in [1.29, 1.82) is 0 Å². The highest BCUT2D eigenvalue weighted by Gasteiger charge is 2.17. The lowest BCUT2D eigenvalue weighted by molar-refractivity contribution is 0.104. The molecule has 10 heteroatoms. The minimum Gasteiger partial charge on any atom is -0.496 e. The fraction of sp³-hybridized carbons (Fsp3) is 0.179. The van der Waals surface area contributed by atoms with Gasteiger partial charge in [-0.2, -0.15) is 0 Å². The lowest BCUT2D eigenvalue weighted by Gasteiger charge is -2.14. The number of hydrogen-bond donors (Lipinski definition) is 2. The summed E-state index contributed by atoms with van der Waals surface area (Å²) >= 11 is 1.56. The largest absolute Gasteiger partial charge is 0.496 e. The van der Waals surface area contributed by atoms with E-state index in [1.807, 2.05) is 23.6 Å². The van der Waals surface area contributed by atoms with Gasteiger partial charge >= 0.3 is 0 Å². The number of anilines is 1. The number of aliphatic hydroxyl groups is 1. The number of allylic oxidation sites excluding steroid dienone is 1. The Bertz CT molecular complexity index is 1520. The third-order valence-electron chi connectivity index (χ3n) is 5.52. The summed E-state index contributed by atoms with van der Waals surface area (Å²) in [7, 11) is -2.25. The lowest BCUT2D eigenvalue weighted by Crippen LogP contribution is -2.12. The molecule has 0 radical (unpaired) electrons. The maximum Gasteiger partial charge on any atom is 0.261 e. The summed E-state index contributed by atoms with van der Waals surface area (Å²) in [6, 6.07) is 14.8. The zero-order valence-corrected chi connectivity index (χ0v) is 22.5. The summed E-state index contributed by atoms with van der Waals surface area (Å²) in [5.74, 6) is 1.42. The highest BCUT2D eigenvalue weighted by Crippen LogP contribution is 2.39. The highest BCUT2D eigenvalue weighted by molar-refractivity contribution is 7.92. The Balaban J connectivity index is 1.57. The Morgan fingerprint density at radius 3 is 2.55 bits per heavy atom. The van der Waals surface area contributed by atoms with Crippen LogP contribution in [0.2, 0.25) is 0 Å². The fourth-order valence-electron chi connectivity index (χ4n) is 3.64. The van der Waals surface area contributed by atoms with Gasteiger partial charge in [0.2, 0.25) is 0 Å². The van der Waals surface area contributed by atoms with Crippen molar-refractivity contribution < 1.29 is 32.2 Å². The number of ketones is 1. The zero-order chi connectivity index (χ0) is 27.1. The van der Waals surface area contributed by atoms with Crippen molar-refractivity contribution in [1.82, 2.24) is 0 Å². The van der Waals surface area contributed by atoms with Gasteiger partial charge in [-0.1, -0.05) is 6.07 Å². The molecule has 0 atom stereocenters. The van der Waals surface area contributed by atoms with Crippen molar-refractivity contribution in [3.63, 3.8) is 0 Å². The minimum atomic E-state index is -3.83. The number of carbonyl (C=O) groups is 1. The summed E-state index contributed by atoms with van der Waals surface area (Å²) in [6.45, 7) is 2.01. The van der Waals surface area contributed by atoms with E-state index < -0.39 is 10.0 Å². The number of aliphatic hydroxyl groups excluding tert-OH is 1. The molecule has 198 valence electrons. The maximum absolute atomic E-state index is 12.9. The van der Waals surface area contributed by atoms with Crippen LogP contribution in [0.15, 0.2) is 81.6 Å². The van der Waals surface area contributed by atoms with E-state index in [9.17, 15) is 13.2 Å². The number of rotatable bonds is 12. The van der Waals surface area contributed by atoms with Gasteiger partial charge < -0.3 is 19.0 Å². The van der Waals surface area contributed by atoms with Crippen molar-refractivity contribution in [2.45, 2.75) is 18.2 Å². The third-order valence-corrected chi connectivity index (χ3v) is 7.83. The Kier molecular flexibility index (Phi) is 8.67. The monoisotopic (exact) mass is 553 g/mol. The highest BCUT2D eigenvalue weighted by atomic mass is 32.2. The molecule has 0 aliphatic carbocycles. The molecule has 0 aliphatic heterocycles. The average Bonchev–Trinajstić information content (AvgIpc) is 3.59. The first-order valence-corrected chi connectivity index (χ1v) is 14.1. The SMILES string of the molecule is COc1cc(OCCCO)c(C=CC(=O)c2ccc(S(=O)(=O)Nc3coc(C)c3)cc2)cc1-c1cccs1. The predicted molar refractivity (Wildman–Crippen MR) is 148 cm³/mol. The predicted octanol–water partition coefficient (Wildman–Crippen LogP) is 5.78. The molecule has 0 aliphatic rings. The zero-order valence-electron chi connectivity index (χ0n) is 20.8. The van der Waals surface area contributed by atoms with Gasteiger partial charge in [0.15, 0.2) is 5.78 Å². The normalized spacial score (nSPS) is 11.6. The molecule has 4 rings (SSSR count). The Morgan fingerprint density at radius 1 is 1.13 bits per heavy atom. The second-order valence-electron chi connectivity index (χ2n) is 8.27. The third kappa shape index (κ3) is 6.52. The van der Waals surface area contributed by atoms with E-state index >= 15 is 0 Å². The molecule has 2 N–H and O–H groups in total. The van der Waals surface area contributed by atoms with E-state index in [1.165, 1.54) is 36.6 Å². The molecule has 4 aromatic rings. The quantitative estimate of drug-likeness (QED) is 0.130. The second-order valence-corrected chi connectivity index (χ2v) is 10.9. The van der Waals surface area contributed by atoms with Crippen LogP contribution in [0.3, 0.4) is 0 Å². The molecule has 0 bridgehead atoms. The maximum atomic E-state index is 12.9. The van der Waals surface area contributed by atoms with E-state index in [1.54, 1.807) is 43.6 Å². The van der Waals surface area contributed by atoms with Crippen molar-refractivity contribution in [2.24, 2.45) is 0 Å². The summed E-state index contributed by atoms with van der Waals surface area (Å²) in [5, 5.41) is 11.1. The molecular weight excluding hydrogens is 526 g/mol. The van der Waals surface area contributed by atoms with E-state index in [0.29, 0.717) is 47.1 Å². The molecule has 0 amide bonds. The van der Waals surface area contributed by atoms with Crippen molar-refractivity contribution >= 4 is 38.9 Å². The number of aryl methyl sites for hydroxylation is 1. The summed E-state index contributed by atoms with van der Waals surface area (Å²) in [4.78, 5) is 13.9. The number of carbonyl (C=O) groups excluding carboxylic acids is 1. The topological polar surface area (TPSA) is 115 Å². The van der Waals surface area contributed by atoms with Gasteiger partial charge in [-0.15, -0.1) is 11.3 Å². The first-order chi connectivity index (χ1) is 18.3. The molecule has 8 nitrogen and oxygen atoms in total. The molecule has 0 saturated heterocycles. The first-order valence-electron chi connectivity index (χ1n) is 11.7. The van der Waals surface area contributed by atoms with E-state index in [2.05, 4.69) is 4.72 Å². The van der Waals surface area contributed by atoms with Crippen LogP contribution in [0.1, 0.15) is 28.1 Å². The van der Waals surface area contributed by atoms with Crippen LogP contribution in [0, 0.1) is 6.92 Å². The van der Waals surface area contributed by atoms with Gasteiger partial charge in [-0.05, 0) is 60.9 Å². The Labute approximate surface area is 225 Å². The molecule has 2 heterocycles. The van der Waals surface area contributed by atoms with Gasteiger partial charge in [0.25, 0.3) is 10.0 Å². The molecule has 0 saturated carbocycles. The number of thiophene rings is 1. The van der Waals surface area contributed by atoms with Crippen molar-refractivity contribution in [3.8, 4) is 21.9 Å². The van der Waals surface area contributed by atoms with Crippen LogP contribution in [-0.2, 0) is 10.0 Å². The molecular formula is C28H27NO7S2. The fourth-order valence-corrected chi connectivity index (χ4v) is 5.42. The molecule has 0 unspecified atom stereocenters. The number of nitrogens with one attached hydrogen (secondary N) is 1. The number of sulfonamides is 1. The van der Waals surface area contributed by atoms with E-state index in [4.69, 9.17) is 19.0 Å². The van der Waals surface area contributed by atoms with Gasteiger partial charge in [0, 0.05) is 46.7 Å². The lowest BCUT2D eigenvalue weighted by atomic mass is 10.0. The average molecular weight is 554 g/mol. The first kappa shape index (κ1) is 27.2. The smallest absolute Gasteiger partial charge is 0.261 e.